The van der Waals surface area contributed by atoms with E-state index in [1.807, 2.05) is 42.5 Å². The van der Waals surface area contributed by atoms with Gasteiger partial charge in [-0.2, -0.15) is 26.3 Å². The first-order valence-electron chi connectivity index (χ1n) is 17.9. The summed E-state index contributed by atoms with van der Waals surface area (Å²) in [6.45, 7) is 0. The summed E-state index contributed by atoms with van der Waals surface area (Å²) >= 11 is 13.7. The molecule has 2 heterocycles. The van der Waals surface area contributed by atoms with E-state index >= 15 is 0 Å². The van der Waals surface area contributed by atoms with Crippen molar-refractivity contribution in [1.29, 1.82) is 0 Å². The normalized spacial score (nSPS) is 11.8. The number of anilines is 4. The minimum absolute atomic E-state index is 0.0108. The van der Waals surface area contributed by atoms with Crippen LogP contribution in [0.5, 0.6) is 0 Å². The highest BCUT2D eigenvalue weighted by Crippen LogP contribution is 2.34. The number of rotatable bonds is 11. The zero-order valence-corrected chi connectivity index (χ0v) is 36.7. The molecule has 7 aromatic rings. The van der Waals surface area contributed by atoms with E-state index in [1.165, 1.54) is 41.1 Å². The van der Waals surface area contributed by atoms with Crippen LogP contribution in [0.15, 0.2) is 154 Å². The standard InChI is InChI=1S/C24H17F3N2O3S2.C18H11Cl2F3N2O3S2/c25-24(26,27)18-7-4-8-20(15-18)34(31,32)29-21-13-14-33-22(21)23(30)28-19-11-9-17(10-12-19)16-5-2-1-3-6-16;19-13-5-4-11(9-14(13)20)24-17(26)16-15(6-7-29-16)25-30(27,28)12-3-1-2-10(8-12)18(21,22)23/h1-15,29H,(H,28,30);1-9,25H,(H,24,26). The van der Waals surface area contributed by atoms with Gasteiger partial charge in [-0.05, 0) is 101 Å². The first-order valence-corrected chi connectivity index (χ1v) is 23.4. The van der Waals surface area contributed by atoms with E-state index in [2.05, 4.69) is 20.1 Å². The largest absolute Gasteiger partial charge is 0.416 e. The first-order chi connectivity index (χ1) is 30.1. The van der Waals surface area contributed by atoms with Gasteiger partial charge in [0, 0.05) is 11.4 Å². The molecule has 0 spiro atoms. The van der Waals surface area contributed by atoms with Crippen LogP contribution < -0.4 is 20.1 Å². The predicted octanol–water partition coefficient (Wildman–Crippen LogP) is 12.6. The van der Waals surface area contributed by atoms with E-state index in [4.69, 9.17) is 23.2 Å². The van der Waals surface area contributed by atoms with Crippen LogP contribution in [0.1, 0.15) is 30.5 Å². The Hall–Kier alpha value is -5.90. The van der Waals surface area contributed by atoms with Gasteiger partial charge in [0.25, 0.3) is 31.9 Å². The Labute approximate surface area is 379 Å². The third-order valence-electron chi connectivity index (χ3n) is 8.60. The molecule has 0 saturated heterocycles. The molecule has 0 radical (unpaired) electrons. The van der Waals surface area contributed by atoms with Crippen molar-refractivity contribution in [2.75, 3.05) is 20.1 Å². The van der Waals surface area contributed by atoms with Crippen LogP contribution in [0.4, 0.5) is 49.1 Å². The van der Waals surface area contributed by atoms with Crippen molar-refractivity contribution < 1.29 is 52.8 Å². The highest BCUT2D eigenvalue weighted by atomic mass is 35.5. The SMILES string of the molecule is O=C(Nc1ccc(-c2ccccc2)cc1)c1sccc1NS(=O)(=O)c1cccc(C(F)(F)F)c1.O=C(Nc1ccc(Cl)c(Cl)c1)c1sccc1NS(=O)(=O)c1cccc(C(F)(F)F)c1. The van der Waals surface area contributed by atoms with Crippen LogP contribution in [-0.2, 0) is 32.4 Å². The molecule has 2 amide bonds. The highest BCUT2D eigenvalue weighted by molar-refractivity contribution is 7.93. The van der Waals surface area contributed by atoms with Gasteiger partial charge in [0.15, 0.2) is 0 Å². The molecule has 7 rings (SSSR count). The van der Waals surface area contributed by atoms with Gasteiger partial charge >= 0.3 is 12.4 Å². The topological polar surface area (TPSA) is 151 Å². The van der Waals surface area contributed by atoms with Crippen LogP contribution in [-0.4, -0.2) is 28.6 Å². The summed E-state index contributed by atoms with van der Waals surface area (Å²) < 4.78 is 132. The first kappa shape index (κ1) is 47.6. The molecule has 10 nitrogen and oxygen atoms in total. The van der Waals surface area contributed by atoms with Crippen LogP contribution >= 0.6 is 45.9 Å². The van der Waals surface area contributed by atoms with E-state index < -0.39 is 65.1 Å². The molecular weight excluding hydrogens is 970 g/mol. The monoisotopic (exact) mass is 996 g/mol. The lowest BCUT2D eigenvalue weighted by Gasteiger charge is -2.12. The fraction of sp³-hybridized carbons (Fsp3) is 0.0476. The molecule has 0 bridgehead atoms. The maximum atomic E-state index is 13.0. The second-order valence-corrected chi connectivity index (χ2v) is 19.1. The van der Waals surface area contributed by atoms with Crippen molar-refractivity contribution >= 4 is 100 Å². The number of sulfonamides is 2. The fourth-order valence-corrected chi connectivity index (χ4v) is 9.69. The Morgan fingerprint density at radius 1 is 0.484 bits per heavy atom. The number of carbonyl (C=O) groups is 2. The number of halogens is 8. The Balaban J connectivity index is 0.000000214. The number of carbonyl (C=O) groups excluding carboxylic acids is 2. The molecule has 0 fully saturated rings. The summed E-state index contributed by atoms with van der Waals surface area (Å²) in [5, 5.41) is 8.74. The predicted molar refractivity (Wildman–Crippen MR) is 237 cm³/mol. The smallest absolute Gasteiger partial charge is 0.321 e. The number of benzene rings is 5. The summed E-state index contributed by atoms with van der Waals surface area (Å²) in [6.07, 6.45) is -9.38. The third kappa shape index (κ3) is 12.0. The molecule has 0 saturated carbocycles. The molecule has 0 aliphatic rings. The number of alkyl halides is 6. The van der Waals surface area contributed by atoms with Gasteiger partial charge in [-0.3, -0.25) is 19.0 Å². The fourth-order valence-electron chi connectivity index (χ4n) is 5.54. The summed E-state index contributed by atoms with van der Waals surface area (Å²) in [5.41, 5.74) is 0.523. The average molecular weight is 998 g/mol. The Bertz CT molecular complexity index is 3040. The quantitative estimate of drug-likeness (QED) is 0.0948. The molecule has 64 heavy (non-hydrogen) atoms. The van der Waals surface area contributed by atoms with Gasteiger partial charge in [0.2, 0.25) is 0 Å². The zero-order valence-electron chi connectivity index (χ0n) is 32.0. The number of hydrogen-bond acceptors (Lipinski definition) is 8. The molecule has 0 aliphatic heterocycles. The third-order valence-corrected chi connectivity index (χ3v) is 13.9. The Morgan fingerprint density at radius 3 is 1.38 bits per heavy atom. The van der Waals surface area contributed by atoms with E-state index in [-0.39, 0.29) is 26.2 Å². The van der Waals surface area contributed by atoms with Gasteiger partial charge < -0.3 is 10.6 Å². The molecule has 332 valence electrons. The maximum Gasteiger partial charge on any atom is 0.416 e. The van der Waals surface area contributed by atoms with Crippen molar-refractivity contribution in [2.24, 2.45) is 0 Å². The molecule has 22 heteroatoms. The van der Waals surface area contributed by atoms with Crippen molar-refractivity contribution in [3.05, 3.63) is 175 Å². The second-order valence-electron chi connectivity index (χ2n) is 13.1. The maximum absolute atomic E-state index is 13.0. The highest BCUT2D eigenvalue weighted by Gasteiger charge is 2.33. The second kappa shape index (κ2) is 19.5. The van der Waals surface area contributed by atoms with Gasteiger partial charge in [-0.25, -0.2) is 16.8 Å². The van der Waals surface area contributed by atoms with Gasteiger partial charge in [-0.1, -0.05) is 77.8 Å². The number of amides is 2. The lowest BCUT2D eigenvalue weighted by molar-refractivity contribution is -0.138. The van der Waals surface area contributed by atoms with Crippen molar-refractivity contribution in [3.8, 4) is 11.1 Å². The summed E-state index contributed by atoms with van der Waals surface area (Å²) in [6, 6.07) is 30.6. The van der Waals surface area contributed by atoms with Crippen LogP contribution in [0.25, 0.3) is 11.1 Å². The van der Waals surface area contributed by atoms with Crippen LogP contribution in [0, 0.1) is 0 Å². The molecule has 2 aromatic heterocycles. The van der Waals surface area contributed by atoms with Crippen molar-refractivity contribution in [3.63, 3.8) is 0 Å². The Morgan fingerprint density at radius 2 is 0.922 bits per heavy atom. The van der Waals surface area contributed by atoms with E-state index in [0.29, 0.717) is 28.5 Å². The average Bonchev–Trinajstić information content (AvgIpc) is 3.92. The summed E-state index contributed by atoms with van der Waals surface area (Å²) in [5.74, 6) is -1.19. The summed E-state index contributed by atoms with van der Waals surface area (Å²) in [4.78, 5) is 24.3. The van der Waals surface area contributed by atoms with Crippen LogP contribution in [0.3, 0.4) is 0 Å². The van der Waals surface area contributed by atoms with Crippen LogP contribution in [0.2, 0.25) is 10.0 Å². The number of thiophene rings is 2. The molecule has 5 aromatic carbocycles. The van der Waals surface area contributed by atoms with Gasteiger partial charge in [-0.15, -0.1) is 22.7 Å². The molecule has 0 aliphatic carbocycles. The zero-order chi connectivity index (χ0) is 46.5. The Kier molecular flexibility index (Phi) is 14.5. The summed E-state index contributed by atoms with van der Waals surface area (Å²) in [7, 11) is -8.72. The van der Waals surface area contributed by atoms with Crippen molar-refractivity contribution in [1.82, 2.24) is 0 Å². The number of nitrogens with one attached hydrogen (secondary N) is 4. The lowest BCUT2D eigenvalue weighted by Crippen LogP contribution is -2.17. The lowest BCUT2D eigenvalue weighted by atomic mass is 10.1. The minimum Gasteiger partial charge on any atom is -0.321 e. The molecule has 0 unspecified atom stereocenters. The molecular formula is C42H28Cl2F6N4O6S4. The molecule has 0 atom stereocenters. The van der Waals surface area contributed by atoms with E-state index in [9.17, 15) is 52.8 Å². The van der Waals surface area contributed by atoms with Crippen molar-refractivity contribution in [2.45, 2.75) is 22.1 Å². The van der Waals surface area contributed by atoms with Gasteiger partial charge in [0.1, 0.15) is 9.75 Å². The molecule has 4 N–H and O–H groups in total. The van der Waals surface area contributed by atoms with E-state index in [0.717, 1.165) is 70.2 Å². The number of hydrogen-bond donors (Lipinski definition) is 4. The van der Waals surface area contributed by atoms with E-state index in [1.54, 1.807) is 12.1 Å². The minimum atomic E-state index is -4.70. The van der Waals surface area contributed by atoms with Gasteiger partial charge in [0.05, 0.1) is 42.3 Å².